The standard InChI is InChI=1S/C21H23N3O3S/c1-2-27-20(26)15-6-8-17(9-7-15)22-21(28)23-11-14-10-16(13-23)18-4-3-5-19(25)24(18)12-14/h3-9,14,16H,2,10-13H2,1H3,(H,22,28)/t14?,16-/m0/s1. The summed E-state index contributed by atoms with van der Waals surface area (Å²) in [4.78, 5) is 26.1. The first kappa shape index (κ1) is 18.7. The molecule has 2 bridgehead atoms. The van der Waals surface area contributed by atoms with Gasteiger partial charge in [0.25, 0.3) is 5.56 Å². The maximum atomic E-state index is 12.1. The van der Waals surface area contributed by atoms with Crippen molar-refractivity contribution in [3.05, 3.63) is 64.1 Å². The Labute approximate surface area is 169 Å². The van der Waals surface area contributed by atoms with Gasteiger partial charge in [-0.15, -0.1) is 0 Å². The number of carbonyl (C=O) groups excluding carboxylic acids is 1. The van der Waals surface area contributed by atoms with E-state index in [1.54, 1.807) is 25.1 Å². The smallest absolute Gasteiger partial charge is 0.338 e. The lowest BCUT2D eigenvalue weighted by atomic mass is 9.83. The fourth-order valence-corrected chi connectivity index (χ4v) is 4.44. The monoisotopic (exact) mass is 397 g/mol. The summed E-state index contributed by atoms with van der Waals surface area (Å²) in [6, 6.07) is 12.7. The molecule has 28 heavy (non-hydrogen) atoms. The van der Waals surface area contributed by atoms with Gasteiger partial charge in [0.05, 0.1) is 12.2 Å². The second kappa shape index (κ2) is 7.75. The third kappa shape index (κ3) is 3.67. The number of nitrogens with zero attached hydrogens (tertiary/aromatic N) is 2. The molecule has 3 heterocycles. The van der Waals surface area contributed by atoms with Gasteiger partial charge in [-0.2, -0.15) is 0 Å². The van der Waals surface area contributed by atoms with Crippen LogP contribution in [0.3, 0.4) is 0 Å². The van der Waals surface area contributed by atoms with Crippen LogP contribution < -0.4 is 10.9 Å². The van der Waals surface area contributed by atoms with Crippen LogP contribution in [-0.2, 0) is 11.3 Å². The van der Waals surface area contributed by atoms with Crippen molar-refractivity contribution in [2.24, 2.45) is 5.92 Å². The molecule has 1 unspecified atom stereocenters. The number of anilines is 1. The summed E-state index contributed by atoms with van der Waals surface area (Å²) in [5.41, 5.74) is 2.55. The Morgan fingerprint density at radius 3 is 2.71 bits per heavy atom. The minimum absolute atomic E-state index is 0.0861. The predicted molar refractivity (Wildman–Crippen MR) is 112 cm³/mol. The van der Waals surface area contributed by atoms with Crippen LogP contribution >= 0.6 is 12.2 Å². The number of rotatable bonds is 3. The predicted octanol–water partition coefficient (Wildman–Crippen LogP) is 2.84. The number of esters is 1. The molecule has 2 aliphatic rings. The van der Waals surface area contributed by atoms with E-state index in [9.17, 15) is 9.59 Å². The Morgan fingerprint density at radius 1 is 1.18 bits per heavy atom. The van der Waals surface area contributed by atoms with E-state index in [2.05, 4.69) is 16.3 Å². The van der Waals surface area contributed by atoms with Crippen molar-refractivity contribution in [3.8, 4) is 0 Å². The van der Waals surface area contributed by atoms with Crippen molar-refractivity contribution >= 4 is 29.0 Å². The lowest BCUT2D eigenvalue weighted by Gasteiger charge is -2.43. The number of likely N-dealkylation sites (tertiary alicyclic amines) is 1. The summed E-state index contributed by atoms with van der Waals surface area (Å²) in [7, 11) is 0. The van der Waals surface area contributed by atoms with Crippen LogP contribution in [0.15, 0.2) is 47.3 Å². The molecule has 0 aliphatic carbocycles. The SMILES string of the molecule is CCOC(=O)c1ccc(NC(=S)N2CC3C[C@@H](C2)c2cccc(=O)n2C3)cc1. The highest BCUT2D eigenvalue weighted by atomic mass is 32.1. The largest absolute Gasteiger partial charge is 0.462 e. The fraction of sp³-hybridized carbons (Fsp3) is 0.381. The van der Waals surface area contributed by atoms with E-state index in [4.69, 9.17) is 17.0 Å². The summed E-state index contributed by atoms with van der Waals surface area (Å²) >= 11 is 5.64. The summed E-state index contributed by atoms with van der Waals surface area (Å²) in [6.07, 6.45) is 1.09. The van der Waals surface area contributed by atoms with Crippen molar-refractivity contribution in [2.75, 3.05) is 25.0 Å². The lowest BCUT2D eigenvalue weighted by Crippen LogP contribution is -2.50. The second-order valence-electron chi connectivity index (χ2n) is 7.33. The Balaban J connectivity index is 1.44. The number of fused-ring (bicyclic) bond motifs is 4. The van der Waals surface area contributed by atoms with Crippen LogP contribution in [0.2, 0.25) is 0 Å². The Bertz CT molecular complexity index is 954. The zero-order valence-corrected chi connectivity index (χ0v) is 16.6. The van der Waals surface area contributed by atoms with Crippen molar-refractivity contribution < 1.29 is 9.53 Å². The average molecular weight is 398 g/mol. The van der Waals surface area contributed by atoms with Crippen molar-refractivity contribution in [1.82, 2.24) is 9.47 Å². The number of nitrogens with one attached hydrogen (secondary N) is 1. The second-order valence-corrected chi connectivity index (χ2v) is 7.72. The van der Waals surface area contributed by atoms with Crippen LogP contribution in [0.1, 0.15) is 35.3 Å². The number of aromatic nitrogens is 1. The molecule has 4 rings (SSSR count). The van der Waals surface area contributed by atoms with Gasteiger partial charge in [-0.05, 0) is 61.8 Å². The molecule has 0 radical (unpaired) electrons. The van der Waals surface area contributed by atoms with E-state index in [-0.39, 0.29) is 11.5 Å². The van der Waals surface area contributed by atoms with Gasteiger partial charge in [-0.3, -0.25) is 4.79 Å². The van der Waals surface area contributed by atoms with E-state index in [0.717, 1.165) is 37.4 Å². The molecule has 1 aromatic heterocycles. The molecule has 2 aliphatic heterocycles. The molecule has 1 fully saturated rings. The maximum absolute atomic E-state index is 12.1. The van der Waals surface area contributed by atoms with E-state index in [1.165, 1.54) is 0 Å². The van der Waals surface area contributed by atoms with Gasteiger partial charge in [0.1, 0.15) is 0 Å². The van der Waals surface area contributed by atoms with Crippen LogP contribution in [0.25, 0.3) is 0 Å². The molecule has 0 amide bonds. The molecule has 2 aromatic rings. The molecule has 7 heteroatoms. The summed E-state index contributed by atoms with van der Waals surface area (Å²) in [5, 5.41) is 3.94. The third-order valence-corrected chi connectivity index (χ3v) is 5.77. The third-order valence-electron chi connectivity index (χ3n) is 5.41. The van der Waals surface area contributed by atoms with Gasteiger partial charge in [0, 0.05) is 43.0 Å². The van der Waals surface area contributed by atoms with Crippen LogP contribution in [0.4, 0.5) is 5.69 Å². The summed E-state index contributed by atoms with van der Waals surface area (Å²) in [5.74, 6) is 0.402. The highest BCUT2D eigenvalue weighted by Gasteiger charge is 2.35. The number of benzene rings is 1. The quantitative estimate of drug-likeness (QED) is 0.635. The number of carbonyl (C=O) groups is 1. The van der Waals surface area contributed by atoms with E-state index >= 15 is 0 Å². The fourth-order valence-electron chi connectivity index (χ4n) is 4.17. The molecule has 6 nitrogen and oxygen atoms in total. The van der Waals surface area contributed by atoms with Gasteiger partial charge in [-0.1, -0.05) is 6.07 Å². The van der Waals surface area contributed by atoms with E-state index < -0.39 is 0 Å². The zero-order valence-electron chi connectivity index (χ0n) is 15.8. The van der Waals surface area contributed by atoms with Crippen molar-refractivity contribution in [1.29, 1.82) is 0 Å². The highest BCUT2D eigenvalue weighted by Crippen LogP contribution is 2.35. The van der Waals surface area contributed by atoms with Crippen LogP contribution in [0, 0.1) is 5.92 Å². The molecule has 1 N–H and O–H groups in total. The zero-order chi connectivity index (χ0) is 19.7. The topological polar surface area (TPSA) is 63.6 Å². The number of piperidine rings is 1. The first-order valence-corrected chi connectivity index (χ1v) is 9.99. The molecule has 1 saturated heterocycles. The first-order chi connectivity index (χ1) is 13.5. The highest BCUT2D eigenvalue weighted by molar-refractivity contribution is 7.80. The Morgan fingerprint density at radius 2 is 1.96 bits per heavy atom. The molecule has 0 saturated carbocycles. The van der Waals surface area contributed by atoms with Gasteiger partial charge in [-0.25, -0.2) is 4.79 Å². The normalized spacial score (nSPS) is 20.2. The van der Waals surface area contributed by atoms with Gasteiger partial charge < -0.3 is 19.5 Å². The van der Waals surface area contributed by atoms with Crippen molar-refractivity contribution in [2.45, 2.75) is 25.8 Å². The summed E-state index contributed by atoms with van der Waals surface area (Å²) < 4.78 is 6.92. The van der Waals surface area contributed by atoms with Crippen LogP contribution in [0.5, 0.6) is 0 Å². The Hall–Kier alpha value is -2.67. The molecule has 0 spiro atoms. The first-order valence-electron chi connectivity index (χ1n) is 9.58. The van der Waals surface area contributed by atoms with Crippen LogP contribution in [-0.4, -0.2) is 40.2 Å². The lowest BCUT2D eigenvalue weighted by molar-refractivity contribution is 0.0526. The Kier molecular flexibility index (Phi) is 5.17. The van der Waals surface area contributed by atoms with Gasteiger partial charge >= 0.3 is 5.97 Å². The number of hydrogen-bond donors (Lipinski definition) is 1. The average Bonchev–Trinajstić information content (AvgIpc) is 2.69. The van der Waals surface area contributed by atoms with Crippen molar-refractivity contribution in [3.63, 3.8) is 0 Å². The molecule has 1 aromatic carbocycles. The minimum atomic E-state index is -0.325. The molecule has 2 atom stereocenters. The molecular formula is C21H23N3O3S. The van der Waals surface area contributed by atoms with Gasteiger partial charge in [0.2, 0.25) is 0 Å². The molecular weight excluding hydrogens is 374 g/mol. The molecule has 146 valence electrons. The number of ether oxygens (including phenoxy) is 1. The summed E-state index contributed by atoms with van der Waals surface area (Å²) in [6.45, 7) is 4.53. The maximum Gasteiger partial charge on any atom is 0.338 e. The minimum Gasteiger partial charge on any atom is -0.462 e. The van der Waals surface area contributed by atoms with E-state index in [1.807, 2.05) is 22.8 Å². The van der Waals surface area contributed by atoms with Gasteiger partial charge in [0.15, 0.2) is 5.11 Å². The number of pyridine rings is 1. The number of thiocarbonyl (C=S) groups is 1. The number of hydrogen-bond acceptors (Lipinski definition) is 4. The van der Waals surface area contributed by atoms with E-state index in [0.29, 0.717) is 29.1 Å².